The van der Waals surface area contributed by atoms with E-state index in [0.717, 1.165) is 24.5 Å². The Labute approximate surface area is 109 Å². The third kappa shape index (κ3) is 7.15. The van der Waals surface area contributed by atoms with Crippen molar-refractivity contribution in [2.24, 2.45) is 5.73 Å². The molecule has 1 rings (SSSR count). The minimum Gasteiger partial charge on any atom is -0.370 e. The molecule has 1 aliphatic carbocycles. The third-order valence-corrected chi connectivity index (χ3v) is 3.34. The molecular weight excluding hydrogens is 234 g/mol. The van der Waals surface area contributed by atoms with Gasteiger partial charge in [0.1, 0.15) is 0 Å². The van der Waals surface area contributed by atoms with Gasteiger partial charge in [-0.25, -0.2) is 0 Å². The molecule has 4 N–H and O–H groups in total. The molecule has 0 radical (unpaired) electrons. The molecule has 0 unspecified atom stereocenters. The maximum absolute atomic E-state index is 10.5. The zero-order valence-electron chi connectivity index (χ0n) is 10.3. The Morgan fingerprint density at radius 2 is 1.94 bits per heavy atom. The first-order valence-electron chi connectivity index (χ1n) is 6.51. The SMILES string of the molecule is NC(=O)CCCCNC(=S)NC1CCCCC1. The number of carbonyl (C=O) groups is 1. The van der Waals surface area contributed by atoms with E-state index in [1.807, 2.05) is 0 Å². The van der Waals surface area contributed by atoms with Crippen LogP contribution in [0.3, 0.4) is 0 Å². The van der Waals surface area contributed by atoms with Gasteiger partial charge >= 0.3 is 0 Å². The van der Waals surface area contributed by atoms with Crippen LogP contribution in [0.25, 0.3) is 0 Å². The van der Waals surface area contributed by atoms with Crippen molar-refractivity contribution in [3.05, 3.63) is 0 Å². The van der Waals surface area contributed by atoms with E-state index in [4.69, 9.17) is 18.0 Å². The van der Waals surface area contributed by atoms with Crippen LogP contribution in [0, 0.1) is 0 Å². The molecule has 0 aromatic carbocycles. The van der Waals surface area contributed by atoms with E-state index in [1.165, 1.54) is 32.1 Å². The summed E-state index contributed by atoms with van der Waals surface area (Å²) in [7, 11) is 0. The Kier molecular flexibility index (Phi) is 6.93. The maximum Gasteiger partial charge on any atom is 0.217 e. The van der Waals surface area contributed by atoms with E-state index in [9.17, 15) is 4.79 Å². The van der Waals surface area contributed by atoms with Gasteiger partial charge in [-0.05, 0) is 37.9 Å². The van der Waals surface area contributed by atoms with Crippen molar-refractivity contribution in [2.45, 2.75) is 57.4 Å². The van der Waals surface area contributed by atoms with Crippen LogP contribution in [0.2, 0.25) is 0 Å². The van der Waals surface area contributed by atoms with Crippen LogP contribution < -0.4 is 16.4 Å². The quantitative estimate of drug-likeness (QED) is 0.497. The van der Waals surface area contributed by atoms with Gasteiger partial charge in [0, 0.05) is 19.0 Å². The number of amides is 1. The van der Waals surface area contributed by atoms with E-state index in [0.29, 0.717) is 12.5 Å². The standard InChI is InChI=1S/C12H23N3OS/c13-11(16)8-4-5-9-14-12(17)15-10-6-2-1-3-7-10/h10H,1-9H2,(H2,13,16)(H2,14,15,17). The fourth-order valence-electron chi connectivity index (χ4n) is 2.11. The molecule has 0 atom stereocenters. The molecule has 5 heteroatoms. The molecule has 1 fully saturated rings. The highest BCUT2D eigenvalue weighted by Gasteiger charge is 2.13. The molecule has 4 nitrogen and oxygen atoms in total. The number of nitrogens with one attached hydrogen (secondary N) is 2. The van der Waals surface area contributed by atoms with Gasteiger partial charge in [-0.2, -0.15) is 0 Å². The minimum atomic E-state index is -0.229. The van der Waals surface area contributed by atoms with Crippen LogP contribution in [-0.2, 0) is 4.79 Å². The lowest BCUT2D eigenvalue weighted by molar-refractivity contribution is -0.118. The zero-order chi connectivity index (χ0) is 12.5. The largest absolute Gasteiger partial charge is 0.370 e. The summed E-state index contributed by atoms with van der Waals surface area (Å²) in [5.41, 5.74) is 5.06. The molecule has 17 heavy (non-hydrogen) atoms. The predicted molar refractivity (Wildman–Crippen MR) is 73.7 cm³/mol. The molecule has 0 spiro atoms. The topological polar surface area (TPSA) is 67.2 Å². The molecule has 0 aromatic heterocycles. The second-order valence-corrected chi connectivity index (χ2v) is 5.07. The summed E-state index contributed by atoms with van der Waals surface area (Å²) in [6.45, 7) is 0.811. The van der Waals surface area contributed by atoms with Gasteiger partial charge < -0.3 is 16.4 Å². The van der Waals surface area contributed by atoms with Crippen molar-refractivity contribution in [2.75, 3.05) is 6.54 Å². The Hall–Kier alpha value is -0.840. The average molecular weight is 257 g/mol. The monoisotopic (exact) mass is 257 g/mol. The van der Waals surface area contributed by atoms with E-state index < -0.39 is 0 Å². The van der Waals surface area contributed by atoms with Crippen LogP contribution in [0.5, 0.6) is 0 Å². The maximum atomic E-state index is 10.5. The number of unbranched alkanes of at least 4 members (excludes halogenated alkanes) is 1. The second kappa shape index (κ2) is 8.28. The minimum absolute atomic E-state index is 0.229. The first-order chi connectivity index (χ1) is 8.18. The highest BCUT2D eigenvalue weighted by Crippen LogP contribution is 2.17. The van der Waals surface area contributed by atoms with Gasteiger partial charge in [0.15, 0.2) is 5.11 Å². The Morgan fingerprint density at radius 3 is 2.59 bits per heavy atom. The van der Waals surface area contributed by atoms with E-state index in [-0.39, 0.29) is 5.91 Å². The molecule has 0 aromatic rings. The third-order valence-electron chi connectivity index (χ3n) is 3.08. The molecule has 1 amide bonds. The van der Waals surface area contributed by atoms with E-state index in [1.54, 1.807) is 0 Å². The van der Waals surface area contributed by atoms with E-state index in [2.05, 4.69) is 10.6 Å². The Morgan fingerprint density at radius 1 is 1.24 bits per heavy atom. The summed E-state index contributed by atoms with van der Waals surface area (Å²) in [6.07, 6.45) is 8.63. The van der Waals surface area contributed by atoms with Gasteiger partial charge in [-0.1, -0.05) is 19.3 Å². The summed E-state index contributed by atoms with van der Waals surface area (Å²) in [5.74, 6) is -0.229. The number of hydrogen-bond acceptors (Lipinski definition) is 2. The normalized spacial score (nSPS) is 16.5. The first kappa shape index (κ1) is 14.2. The van der Waals surface area contributed by atoms with Gasteiger partial charge in [0.05, 0.1) is 0 Å². The molecule has 1 aliphatic rings. The van der Waals surface area contributed by atoms with Gasteiger partial charge in [0.25, 0.3) is 0 Å². The lowest BCUT2D eigenvalue weighted by Crippen LogP contribution is -2.42. The second-order valence-electron chi connectivity index (χ2n) is 4.66. The molecule has 0 saturated heterocycles. The highest BCUT2D eigenvalue weighted by molar-refractivity contribution is 7.80. The Balaban J connectivity index is 1.98. The van der Waals surface area contributed by atoms with Crippen molar-refractivity contribution in [1.29, 1.82) is 0 Å². The number of primary amides is 1. The summed E-state index contributed by atoms with van der Waals surface area (Å²) < 4.78 is 0. The summed E-state index contributed by atoms with van der Waals surface area (Å²) in [6, 6.07) is 0.550. The zero-order valence-corrected chi connectivity index (χ0v) is 11.2. The first-order valence-corrected chi connectivity index (χ1v) is 6.92. The fourth-order valence-corrected chi connectivity index (χ4v) is 2.38. The smallest absolute Gasteiger partial charge is 0.217 e. The lowest BCUT2D eigenvalue weighted by atomic mass is 9.96. The van der Waals surface area contributed by atoms with Crippen molar-refractivity contribution in [1.82, 2.24) is 10.6 Å². The van der Waals surface area contributed by atoms with Gasteiger partial charge in [-0.3, -0.25) is 4.79 Å². The van der Waals surface area contributed by atoms with Crippen molar-refractivity contribution in [3.63, 3.8) is 0 Å². The molecule has 0 bridgehead atoms. The van der Waals surface area contributed by atoms with Crippen LogP contribution in [0.1, 0.15) is 51.4 Å². The van der Waals surface area contributed by atoms with E-state index >= 15 is 0 Å². The van der Waals surface area contributed by atoms with Gasteiger partial charge in [-0.15, -0.1) is 0 Å². The summed E-state index contributed by atoms with van der Waals surface area (Å²) >= 11 is 5.22. The van der Waals surface area contributed by atoms with Crippen molar-refractivity contribution >= 4 is 23.2 Å². The van der Waals surface area contributed by atoms with Gasteiger partial charge in [0.2, 0.25) is 5.91 Å². The number of hydrogen-bond donors (Lipinski definition) is 3. The van der Waals surface area contributed by atoms with Crippen LogP contribution in [0.4, 0.5) is 0 Å². The van der Waals surface area contributed by atoms with Crippen LogP contribution in [-0.4, -0.2) is 23.6 Å². The molecule has 0 heterocycles. The highest BCUT2D eigenvalue weighted by atomic mass is 32.1. The summed E-state index contributed by atoms with van der Waals surface area (Å²) in [4.78, 5) is 10.5. The number of thiocarbonyl (C=S) groups is 1. The van der Waals surface area contributed by atoms with Crippen molar-refractivity contribution in [3.8, 4) is 0 Å². The van der Waals surface area contributed by atoms with Crippen molar-refractivity contribution < 1.29 is 4.79 Å². The molecule has 1 saturated carbocycles. The lowest BCUT2D eigenvalue weighted by Gasteiger charge is -2.24. The average Bonchev–Trinajstić information content (AvgIpc) is 2.29. The number of rotatable bonds is 6. The molecule has 0 aliphatic heterocycles. The fraction of sp³-hybridized carbons (Fsp3) is 0.833. The number of nitrogens with two attached hydrogens (primary N) is 1. The summed E-state index contributed by atoms with van der Waals surface area (Å²) in [5, 5.41) is 7.27. The Bertz CT molecular complexity index is 252. The predicted octanol–water partition coefficient (Wildman–Crippen LogP) is 1.44. The molecular formula is C12H23N3OS. The van der Waals surface area contributed by atoms with Crippen LogP contribution >= 0.6 is 12.2 Å². The number of carbonyl (C=O) groups excluding carboxylic acids is 1. The molecule has 98 valence electrons. The van der Waals surface area contributed by atoms with Crippen LogP contribution in [0.15, 0.2) is 0 Å².